The molecule has 19 heavy (non-hydrogen) atoms. The molecule has 0 N–H and O–H groups in total. The summed E-state index contributed by atoms with van der Waals surface area (Å²) in [6.07, 6.45) is 4.58. The van der Waals surface area contributed by atoms with E-state index in [2.05, 4.69) is 9.88 Å². The van der Waals surface area contributed by atoms with Crippen molar-refractivity contribution in [2.75, 3.05) is 18.0 Å². The SMILES string of the molecule is O=Cc1nc(-c2ccccc2)sc1N1CCCCC1. The van der Waals surface area contributed by atoms with Crippen molar-refractivity contribution in [3.63, 3.8) is 0 Å². The lowest BCUT2D eigenvalue weighted by molar-refractivity contribution is 0.112. The van der Waals surface area contributed by atoms with Crippen LogP contribution in [0.1, 0.15) is 29.8 Å². The quantitative estimate of drug-likeness (QED) is 0.800. The van der Waals surface area contributed by atoms with Crippen LogP contribution in [0.4, 0.5) is 5.00 Å². The minimum absolute atomic E-state index is 0.589. The molecule has 0 saturated carbocycles. The highest BCUT2D eigenvalue weighted by molar-refractivity contribution is 7.19. The van der Waals surface area contributed by atoms with Crippen LogP contribution in [0.25, 0.3) is 10.6 Å². The van der Waals surface area contributed by atoms with Crippen molar-refractivity contribution in [2.24, 2.45) is 0 Å². The van der Waals surface area contributed by atoms with Crippen molar-refractivity contribution in [1.82, 2.24) is 4.98 Å². The predicted molar refractivity (Wildman–Crippen MR) is 79.0 cm³/mol. The molecule has 2 aromatic rings. The van der Waals surface area contributed by atoms with Gasteiger partial charge in [-0.2, -0.15) is 0 Å². The molecule has 0 aliphatic carbocycles. The van der Waals surface area contributed by atoms with Gasteiger partial charge in [-0.25, -0.2) is 4.98 Å². The van der Waals surface area contributed by atoms with Crippen LogP contribution in [-0.2, 0) is 0 Å². The van der Waals surface area contributed by atoms with Crippen LogP contribution in [0.2, 0.25) is 0 Å². The van der Waals surface area contributed by atoms with Crippen molar-refractivity contribution in [1.29, 1.82) is 0 Å². The highest BCUT2D eigenvalue weighted by atomic mass is 32.1. The molecule has 4 heteroatoms. The second kappa shape index (κ2) is 5.53. The molecule has 0 unspecified atom stereocenters. The molecule has 1 saturated heterocycles. The van der Waals surface area contributed by atoms with Gasteiger partial charge in [0.2, 0.25) is 0 Å². The first kappa shape index (κ1) is 12.4. The summed E-state index contributed by atoms with van der Waals surface area (Å²) in [6.45, 7) is 2.08. The molecule has 1 aliphatic heterocycles. The average Bonchev–Trinajstić information content (AvgIpc) is 2.93. The Labute approximate surface area is 116 Å². The average molecular weight is 272 g/mol. The molecule has 0 atom stereocenters. The van der Waals surface area contributed by atoms with Gasteiger partial charge in [0, 0.05) is 18.7 Å². The van der Waals surface area contributed by atoms with Crippen molar-refractivity contribution < 1.29 is 4.79 Å². The summed E-state index contributed by atoms with van der Waals surface area (Å²) in [5, 5.41) is 1.97. The van der Waals surface area contributed by atoms with Gasteiger partial charge < -0.3 is 4.90 Å². The molecule has 3 rings (SSSR count). The highest BCUT2D eigenvalue weighted by Gasteiger charge is 2.19. The largest absolute Gasteiger partial charge is 0.362 e. The third kappa shape index (κ3) is 2.54. The highest BCUT2D eigenvalue weighted by Crippen LogP contribution is 2.35. The van der Waals surface area contributed by atoms with Gasteiger partial charge in [-0.1, -0.05) is 41.7 Å². The van der Waals surface area contributed by atoms with Crippen LogP contribution in [0.3, 0.4) is 0 Å². The van der Waals surface area contributed by atoms with Crippen molar-refractivity contribution >= 4 is 22.6 Å². The summed E-state index contributed by atoms with van der Waals surface area (Å²) in [7, 11) is 0. The van der Waals surface area contributed by atoms with Crippen LogP contribution in [0, 0.1) is 0 Å². The van der Waals surface area contributed by atoms with E-state index < -0.39 is 0 Å². The lowest BCUT2D eigenvalue weighted by Crippen LogP contribution is -2.29. The molecule has 0 bridgehead atoms. The maximum absolute atomic E-state index is 11.2. The van der Waals surface area contributed by atoms with Gasteiger partial charge in [0.15, 0.2) is 6.29 Å². The zero-order valence-corrected chi connectivity index (χ0v) is 11.5. The maximum Gasteiger partial charge on any atom is 0.171 e. The Kier molecular flexibility index (Phi) is 3.60. The first-order valence-corrected chi connectivity index (χ1v) is 7.46. The van der Waals surface area contributed by atoms with Crippen molar-refractivity contribution in [3.05, 3.63) is 36.0 Å². The molecular formula is C15H16N2OS. The Morgan fingerprint density at radius 2 is 1.84 bits per heavy atom. The Morgan fingerprint density at radius 1 is 1.11 bits per heavy atom. The van der Waals surface area contributed by atoms with Crippen LogP contribution in [0.5, 0.6) is 0 Å². The van der Waals surface area contributed by atoms with E-state index in [4.69, 9.17) is 0 Å². The van der Waals surface area contributed by atoms with E-state index in [1.165, 1.54) is 19.3 Å². The minimum Gasteiger partial charge on any atom is -0.362 e. The molecule has 1 fully saturated rings. The number of carbonyl (C=O) groups excluding carboxylic acids is 1. The molecule has 0 amide bonds. The fourth-order valence-electron chi connectivity index (χ4n) is 2.43. The number of benzene rings is 1. The van der Waals surface area contributed by atoms with E-state index in [0.717, 1.165) is 34.9 Å². The lowest BCUT2D eigenvalue weighted by atomic mass is 10.1. The van der Waals surface area contributed by atoms with Gasteiger partial charge in [0.1, 0.15) is 15.7 Å². The molecule has 2 heterocycles. The van der Waals surface area contributed by atoms with E-state index in [1.807, 2.05) is 30.3 Å². The number of aromatic nitrogens is 1. The summed E-state index contributed by atoms with van der Waals surface area (Å²) < 4.78 is 0. The number of hydrogen-bond donors (Lipinski definition) is 0. The van der Waals surface area contributed by atoms with Gasteiger partial charge >= 0.3 is 0 Å². The summed E-state index contributed by atoms with van der Waals surface area (Å²) in [5.41, 5.74) is 1.67. The monoisotopic (exact) mass is 272 g/mol. The van der Waals surface area contributed by atoms with E-state index in [1.54, 1.807) is 11.3 Å². The molecule has 1 aliphatic rings. The first-order valence-electron chi connectivity index (χ1n) is 6.65. The molecule has 0 spiro atoms. The number of nitrogens with zero attached hydrogens (tertiary/aromatic N) is 2. The number of thiazole rings is 1. The predicted octanol–water partition coefficient (Wildman–Crippen LogP) is 3.61. The minimum atomic E-state index is 0.589. The Balaban J connectivity index is 1.96. The van der Waals surface area contributed by atoms with Gasteiger partial charge in [0.05, 0.1) is 0 Å². The van der Waals surface area contributed by atoms with E-state index in [9.17, 15) is 4.79 Å². The smallest absolute Gasteiger partial charge is 0.171 e. The van der Waals surface area contributed by atoms with E-state index in [0.29, 0.717) is 5.69 Å². The molecule has 98 valence electrons. The van der Waals surface area contributed by atoms with Gasteiger partial charge in [-0.3, -0.25) is 4.79 Å². The third-order valence-corrected chi connectivity index (χ3v) is 4.59. The summed E-state index contributed by atoms with van der Waals surface area (Å²) in [4.78, 5) is 18.0. The summed E-state index contributed by atoms with van der Waals surface area (Å²) in [6, 6.07) is 10.1. The normalized spacial score (nSPS) is 15.5. The van der Waals surface area contributed by atoms with Gasteiger partial charge in [-0.05, 0) is 19.3 Å². The van der Waals surface area contributed by atoms with Crippen LogP contribution in [0.15, 0.2) is 30.3 Å². The summed E-state index contributed by atoms with van der Waals surface area (Å²) in [5.74, 6) is 0. The molecule has 0 radical (unpaired) electrons. The van der Waals surface area contributed by atoms with E-state index in [-0.39, 0.29) is 0 Å². The zero-order chi connectivity index (χ0) is 13.1. The van der Waals surface area contributed by atoms with Crippen molar-refractivity contribution in [2.45, 2.75) is 19.3 Å². The number of anilines is 1. The van der Waals surface area contributed by atoms with Crippen molar-refractivity contribution in [3.8, 4) is 10.6 Å². The fourth-order valence-corrected chi connectivity index (χ4v) is 3.52. The molecule has 1 aromatic heterocycles. The van der Waals surface area contributed by atoms with Crippen LogP contribution < -0.4 is 4.90 Å². The third-order valence-electron chi connectivity index (χ3n) is 3.41. The van der Waals surface area contributed by atoms with Crippen LogP contribution >= 0.6 is 11.3 Å². The van der Waals surface area contributed by atoms with Gasteiger partial charge in [0.25, 0.3) is 0 Å². The number of aldehydes is 1. The molecule has 3 nitrogen and oxygen atoms in total. The molecule has 1 aromatic carbocycles. The number of piperidine rings is 1. The first-order chi connectivity index (χ1) is 9.38. The van der Waals surface area contributed by atoms with Gasteiger partial charge in [-0.15, -0.1) is 0 Å². The topological polar surface area (TPSA) is 33.2 Å². The second-order valence-electron chi connectivity index (χ2n) is 4.74. The number of carbonyl (C=O) groups is 1. The Bertz CT molecular complexity index is 559. The maximum atomic E-state index is 11.2. The Hall–Kier alpha value is -1.68. The lowest BCUT2D eigenvalue weighted by Gasteiger charge is -2.27. The Morgan fingerprint density at radius 3 is 2.53 bits per heavy atom. The van der Waals surface area contributed by atoms with Crippen LogP contribution in [-0.4, -0.2) is 24.4 Å². The molecular weight excluding hydrogens is 256 g/mol. The zero-order valence-electron chi connectivity index (χ0n) is 10.7. The number of rotatable bonds is 3. The van der Waals surface area contributed by atoms with E-state index >= 15 is 0 Å². The standard InChI is InChI=1S/C15H16N2OS/c18-11-13-15(17-9-5-2-6-10-17)19-14(16-13)12-7-3-1-4-8-12/h1,3-4,7-8,11H,2,5-6,9-10H2. The number of hydrogen-bond acceptors (Lipinski definition) is 4. The second-order valence-corrected chi connectivity index (χ2v) is 5.72. The summed E-state index contributed by atoms with van der Waals surface area (Å²) >= 11 is 1.63. The fraction of sp³-hybridized carbons (Fsp3) is 0.333.